The van der Waals surface area contributed by atoms with E-state index < -0.39 is 0 Å². The molecule has 0 spiro atoms. The van der Waals surface area contributed by atoms with Gasteiger partial charge in [0.2, 0.25) is 0 Å². The molecule has 0 aliphatic rings. The molecule has 0 unspecified atom stereocenters. The number of para-hydroxylation sites is 1. The van der Waals surface area contributed by atoms with Crippen molar-refractivity contribution in [3.8, 4) is 34.2 Å². The summed E-state index contributed by atoms with van der Waals surface area (Å²) in [5.41, 5.74) is 4.52. The molecule has 3 heterocycles. The Bertz CT molecular complexity index is 2400. The Morgan fingerprint density at radius 3 is 1.83 bits per heavy atom. The van der Waals surface area contributed by atoms with E-state index in [1.165, 1.54) is 20.2 Å². The molecule has 4 nitrogen and oxygen atoms in total. The highest BCUT2D eigenvalue weighted by Gasteiger charge is 2.22. The number of aromatic nitrogens is 3. The lowest BCUT2D eigenvalue weighted by Gasteiger charge is -2.11. The summed E-state index contributed by atoms with van der Waals surface area (Å²) in [4.78, 5) is 15.1. The fourth-order valence-electron chi connectivity index (χ4n) is 6.02. The van der Waals surface area contributed by atoms with Gasteiger partial charge in [0.05, 0.1) is 0 Å². The van der Waals surface area contributed by atoms with Gasteiger partial charge < -0.3 is 4.42 Å². The van der Waals surface area contributed by atoms with Crippen LogP contribution in [0.15, 0.2) is 132 Å². The number of furan rings is 1. The topological polar surface area (TPSA) is 51.8 Å². The van der Waals surface area contributed by atoms with Gasteiger partial charge in [-0.25, -0.2) is 15.0 Å². The van der Waals surface area contributed by atoms with Crippen LogP contribution in [-0.2, 0) is 0 Å². The number of thiophene rings is 1. The van der Waals surface area contributed by atoms with Crippen LogP contribution in [0.5, 0.6) is 0 Å². The van der Waals surface area contributed by atoms with Gasteiger partial charge >= 0.3 is 0 Å². The molecule has 0 aliphatic heterocycles. The maximum atomic E-state index is 6.72. The van der Waals surface area contributed by atoms with E-state index in [-0.39, 0.29) is 0 Å². The summed E-state index contributed by atoms with van der Waals surface area (Å²) in [5.74, 6) is 1.90. The highest BCUT2D eigenvalue weighted by molar-refractivity contribution is 7.26. The second kappa shape index (κ2) is 9.06. The van der Waals surface area contributed by atoms with Crippen LogP contribution < -0.4 is 0 Å². The van der Waals surface area contributed by atoms with Crippen molar-refractivity contribution in [2.75, 3.05) is 0 Å². The Morgan fingerprint density at radius 1 is 0.476 bits per heavy atom. The third-order valence-electron chi connectivity index (χ3n) is 7.91. The summed E-state index contributed by atoms with van der Waals surface area (Å²) in [7, 11) is 0. The number of hydrogen-bond donors (Lipinski definition) is 0. The third-order valence-corrected chi connectivity index (χ3v) is 9.04. The minimum absolute atomic E-state index is 0.622. The monoisotopic (exact) mass is 555 g/mol. The Morgan fingerprint density at radius 2 is 1.10 bits per heavy atom. The van der Waals surface area contributed by atoms with Gasteiger partial charge in [-0.05, 0) is 29.7 Å². The minimum atomic E-state index is 0.622. The molecular formula is C37H21N3OS. The number of nitrogens with zero attached hydrogens (tertiary/aromatic N) is 3. The number of fused-ring (bicyclic) bond motifs is 9. The molecule has 6 aromatic carbocycles. The van der Waals surface area contributed by atoms with E-state index in [0.717, 1.165) is 49.4 Å². The Labute approximate surface area is 244 Å². The van der Waals surface area contributed by atoms with Crippen LogP contribution >= 0.6 is 11.3 Å². The van der Waals surface area contributed by atoms with Crippen molar-refractivity contribution in [1.29, 1.82) is 0 Å². The van der Waals surface area contributed by atoms with Crippen molar-refractivity contribution in [3.63, 3.8) is 0 Å². The lowest BCUT2D eigenvalue weighted by atomic mass is 9.96. The van der Waals surface area contributed by atoms with E-state index in [9.17, 15) is 0 Å². The molecule has 0 radical (unpaired) electrons. The van der Waals surface area contributed by atoms with Gasteiger partial charge in [-0.2, -0.15) is 0 Å². The van der Waals surface area contributed by atoms with Gasteiger partial charge in [0, 0.05) is 53.0 Å². The highest BCUT2D eigenvalue weighted by atomic mass is 32.1. The van der Waals surface area contributed by atoms with Gasteiger partial charge in [0.1, 0.15) is 11.2 Å². The van der Waals surface area contributed by atoms with Crippen molar-refractivity contribution in [2.24, 2.45) is 0 Å². The van der Waals surface area contributed by atoms with E-state index in [2.05, 4.69) is 54.6 Å². The maximum absolute atomic E-state index is 6.72. The van der Waals surface area contributed by atoms with E-state index in [0.29, 0.717) is 17.5 Å². The molecule has 9 rings (SSSR count). The zero-order chi connectivity index (χ0) is 27.6. The van der Waals surface area contributed by atoms with Gasteiger partial charge in [-0.3, -0.25) is 0 Å². The van der Waals surface area contributed by atoms with E-state index >= 15 is 0 Å². The van der Waals surface area contributed by atoms with Crippen molar-refractivity contribution < 1.29 is 4.42 Å². The summed E-state index contributed by atoms with van der Waals surface area (Å²) in [6.45, 7) is 0. The first-order chi connectivity index (χ1) is 20.8. The SMILES string of the molecule is c1ccc(-c2nc(-c3ccccc3)nc(-c3cc4ccc5sc6ccccc6c5c4c4oc5ccccc5c34)n2)cc1. The molecular weight excluding hydrogens is 534 g/mol. The predicted molar refractivity (Wildman–Crippen MR) is 174 cm³/mol. The molecule has 3 aromatic heterocycles. The largest absolute Gasteiger partial charge is 0.455 e. The van der Waals surface area contributed by atoms with Gasteiger partial charge in [-0.15, -0.1) is 11.3 Å². The molecule has 0 aliphatic carbocycles. The average molecular weight is 556 g/mol. The third kappa shape index (κ3) is 3.51. The van der Waals surface area contributed by atoms with Crippen molar-refractivity contribution in [3.05, 3.63) is 127 Å². The highest BCUT2D eigenvalue weighted by Crippen LogP contribution is 2.46. The van der Waals surface area contributed by atoms with E-state index in [1.807, 2.05) is 84.1 Å². The molecule has 5 heteroatoms. The fourth-order valence-corrected chi connectivity index (χ4v) is 7.13. The molecule has 0 saturated carbocycles. The van der Waals surface area contributed by atoms with E-state index in [1.54, 1.807) is 0 Å². The first-order valence-corrected chi connectivity index (χ1v) is 14.7. The van der Waals surface area contributed by atoms with Gasteiger partial charge in [0.25, 0.3) is 0 Å². The van der Waals surface area contributed by atoms with Crippen LogP contribution in [-0.4, -0.2) is 15.0 Å². The molecule has 196 valence electrons. The van der Waals surface area contributed by atoms with Gasteiger partial charge in [0.15, 0.2) is 17.5 Å². The molecule has 0 fully saturated rings. The lowest BCUT2D eigenvalue weighted by Crippen LogP contribution is -2.00. The summed E-state index contributed by atoms with van der Waals surface area (Å²) in [6, 6.07) is 43.7. The lowest BCUT2D eigenvalue weighted by molar-refractivity contribution is 0.673. The molecule has 0 bridgehead atoms. The zero-order valence-corrected chi connectivity index (χ0v) is 23.1. The van der Waals surface area contributed by atoms with Crippen LogP contribution in [0.1, 0.15) is 0 Å². The molecule has 0 atom stereocenters. The van der Waals surface area contributed by atoms with Crippen molar-refractivity contribution in [2.45, 2.75) is 0 Å². The Hall–Kier alpha value is -5.39. The second-order valence-corrected chi connectivity index (χ2v) is 11.5. The van der Waals surface area contributed by atoms with E-state index in [4.69, 9.17) is 19.4 Å². The Balaban J connectivity index is 1.44. The molecule has 9 aromatic rings. The van der Waals surface area contributed by atoms with Crippen LogP contribution in [0, 0.1) is 0 Å². The quantitative estimate of drug-likeness (QED) is 0.218. The number of rotatable bonds is 3. The molecule has 0 amide bonds. The number of hydrogen-bond acceptors (Lipinski definition) is 5. The van der Waals surface area contributed by atoms with Crippen LogP contribution in [0.25, 0.3) is 87.0 Å². The smallest absolute Gasteiger partial charge is 0.164 e. The molecule has 0 N–H and O–H groups in total. The first-order valence-electron chi connectivity index (χ1n) is 13.9. The summed E-state index contributed by atoms with van der Waals surface area (Å²) >= 11 is 1.82. The Kier molecular flexibility index (Phi) is 5.03. The molecule has 0 saturated heterocycles. The minimum Gasteiger partial charge on any atom is -0.455 e. The average Bonchev–Trinajstić information content (AvgIpc) is 3.64. The standard InChI is InChI=1S/C37H21N3OS/c1-3-11-22(12-4-1)35-38-36(23-13-5-2-6-14-23)40-37(39-35)27-21-24-19-20-30-33(26-16-8-10-18-29(26)42-30)31(24)34-32(27)25-15-7-9-17-28(25)41-34/h1-21H. The molecule has 42 heavy (non-hydrogen) atoms. The number of benzene rings is 6. The summed E-state index contributed by atoms with van der Waals surface area (Å²) in [5, 5.41) is 6.76. The van der Waals surface area contributed by atoms with Crippen LogP contribution in [0.4, 0.5) is 0 Å². The zero-order valence-electron chi connectivity index (χ0n) is 22.3. The van der Waals surface area contributed by atoms with Crippen LogP contribution in [0.2, 0.25) is 0 Å². The van der Waals surface area contributed by atoms with Crippen LogP contribution in [0.3, 0.4) is 0 Å². The van der Waals surface area contributed by atoms with Crippen molar-refractivity contribution >= 4 is 64.2 Å². The summed E-state index contributed by atoms with van der Waals surface area (Å²) < 4.78 is 9.23. The summed E-state index contributed by atoms with van der Waals surface area (Å²) in [6.07, 6.45) is 0. The predicted octanol–water partition coefficient (Wildman–Crippen LogP) is 10.3. The second-order valence-electron chi connectivity index (χ2n) is 10.4. The van der Waals surface area contributed by atoms with Gasteiger partial charge in [-0.1, -0.05) is 103 Å². The normalized spacial score (nSPS) is 11.8. The van der Waals surface area contributed by atoms with Crippen molar-refractivity contribution in [1.82, 2.24) is 15.0 Å². The maximum Gasteiger partial charge on any atom is 0.164 e. The first kappa shape index (κ1) is 23.3. The fraction of sp³-hybridized carbons (Fsp3) is 0.